The quantitative estimate of drug-likeness (QED) is 0.796. The van der Waals surface area contributed by atoms with Gasteiger partial charge in [-0.2, -0.15) is 0 Å². The topological polar surface area (TPSA) is 56.8 Å². The molecule has 0 aliphatic carbocycles. The van der Waals surface area contributed by atoms with E-state index in [1.807, 2.05) is 37.3 Å². The maximum absolute atomic E-state index is 6.02. The largest absolute Gasteiger partial charge is 0.462 e. The van der Waals surface area contributed by atoms with Gasteiger partial charge in [0.05, 0.1) is 0 Å². The van der Waals surface area contributed by atoms with Crippen LogP contribution in [0.4, 0.5) is 0 Å². The molecule has 1 atom stereocenters. The van der Waals surface area contributed by atoms with Crippen LogP contribution in [0.15, 0.2) is 45.9 Å². The lowest BCUT2D eigenvalue weighted by atomic mass is 9.81. The number of aliphatic imine (C=N–C) groups is 1. The van der Waals surface area contributed by atoms with E-state index >= 15 is 0 Å². The number of hydrogen-bond acceptors (Lipinski definition) is 4. The molecule has 2 aromatic carbocycles. The highest BCUT2D eigenvalue weighted by molar-refractivity contribution is 9.10. The van der Waals surface area contributed by atoms with E-state index in [-0.39, 0.29) is 6.02 Å². The molecule has 1 spiro atoms. The van der Waals surface area contributed by atoms with Gasteiger partial charge in [-0.25, -0.2) is 4.99 Å². The van der Waals surface area contributed by atoms with E-state index in [9.17, 15) is 0 Å². The van der Waals surface area contributed by atoms with E-state index in [1.165, 1.54) is 0 Å². The predicted molar refractivity (Wildman–Crippen MR) is 83.7 cm³/mol. The molecule has 0 amide bonds. The van der Waals surface area contributed by atoms with Crippen molar-refractivity contribution in [1.82, 2.24) is 0 Å². The van der Waals surface area contributed by atoms with Gasteiger partial charge in [0.15, 0.2) is 5.54 Å². The van der Waals surface area contributed by atoms with Crippen molar-refractivity contribution in [3.63, 3.8) is 0 Å². The first-order chi connectivity index (χ1) is 10.1. The van der Waals surface area contributed by atoms with Crippen LogP contribution in [0.25, 0.3) is 0 Å². The molecule has 2 aliphatic heterocycles. The molecule has 0 aromatic heterocycles. The van der Waals surface area contributed by atoms with Gasteiger partial charge in [0.1, 0.15) is 18.1 Å². The summed E-state index contributed by atoms with van der Waals surface area (Å²) in [5, 5.41) is 0. The number of halogens is 1. The molecule has 4 rings (SSSR count). The van der Waals surface area contributed by atoms with Gasteiger partial charge in [0.2, 0.25) is 0 Å². The minimum Gasteiger partial charge on any atom is -0.462 e. The third kappa shape index (κ3) is 1.77. The van der Waals surface area contributed by atoms with Gasteiger partial charge in [-0.15, -0.1) is 0 Å². The lowest BCUT2D eigenvalue weighted by molar-refractivity contribution is 0.264. The van der Waals surface area contributed by atoms with Crippen molar-refractivity contribution >= 4 is 22.0 Å². The summed E-state index contributed by atoms with van der Waals surface area (Å²) in [6, 6.07) is 12.2. The lowest BCUT2D eigenvalue weighted by Crippen LogP contribution is -2.31. The average Bonchev–Trinajstić information content (AvgIpc) is 2.84. The van der Waals surface area contributed by atoms with Gasteiger partial charge in [0.25, 0.3) is 6.02 Å². The zero-order valence-corrected chi connectivity index (χ0v) is 13.0. The molecule has 1 unspecified atom stereocenters. The molecule has 0 fully saturated rings. The van der Waals surface area contributed by atoms with Crippen LogP contribution < -0.4 is 10.5 Å². The molecule has 21 heavy (non-hydrogen) atoms. The Bertz CT molecular complexity index is 734. The van der Waals surface area contributed by atoms with Crippen molar-refractivity contribution in [1.29, 1.82) is 0 Å². The second kappa shape index (κ2) is 4.24. The van der Waals surface area contributed by atoms with Crippen molar-refractivity contribution < 1.29 is 9.47 Å². The lowest BCUT2D eigenvalue weighted by Gasteiger charge is -2.33. The Kier molecular flexibility index (Phi) is 2.57. The second-order valence-corrected chi connectivity index (χ2v) is 6.26. The van der Waals surface area contributed by atoms with Gasteiger partial charge in [-0.1, -0.05) is 27.6 Å². The molecule has 5 heteroatoms. The van der Waals surface area contributed by atoms with E-state index < -0.39 is 5.54 Å². The normalized spacial score (nSPS) is 22.1. The van der Waals surface area contributed by atoms with Crippen LogP contribution in [-0.2, 0) is 10.3 Å². The van der Waals surface area contributed by atoms with Crippen LogP contribution in [0.3, 0.4) is 0 Å². The van der Waals surface area contributed by atoms with Crippen molar-refractivity contribution in [2.24, 2.45) is 10.7 Å². The fourth-order valence-corrected chi connectivity index (χ4v) is 3.30. The Labute approximate surface area is 130 Å². The Morgan fingerprint density at radius 2 is 1.86 bits per heavy atom. The Balaban J connectivity index is 2.05. The van der Waals surface area contributed by atoms with E-state index in [1.54, 1.807) is 0 Å². The first-order valence-electron chi connectivity index (χ1n) is 6.66. The third-order valence-corrected chi connectivity index (χ3v) is 4.41. The van der Waals surface area contributed by atoms with Crippen molar-refractivity contribution in [3.8, 4) is 11.5 Å². The zero-order valence-electron chi connectivity index (χ0n) is 11.4. The molecular formula is C16H13BrN2O2. The fraction of sp³-hybridized carbons (Fsp3) is 0.188. The molecule has 4 nitrogen and oxygen atoms in total. The zero-order chi connectivity index (χ0) is 14.6. The molecule has 0 radical (unpaired) electrons. The van der Waals surface area contributed by atoms with E-state index in [4.69, 9.17) is 15.2 Å². The summed E-state index contributed by atoms with van der Waals surface area (Å²) >= 11 is 3.51. The molecule has 106 valence electrons. The maximum atomic E-state index is 6.02. The summed E-state index contributed by atoms with van der Waals surface area (Å²) in [4.78, 5) is 4.62. The molecular weight excluding hydrogens is 332 g/mol. The van der Waals surface area contributed by atoms with Gasteiger partial charge in [-0.3, -0.25) is 0 Å². The number of aryl methyl sites for hydroxylation is 1. The summed E-state index contributed by atoms with van der Waals surface area (Å²) in [5.74, 6) is 1.59. The first kappa shape index (κ1) is 12.7. The van der Waals surface area contributed by atoms with Crippen molar-refractivity contribution in [2.45, 2.75) is 12.5 Å². The highest BCUT2D eigenvalue weighted by atomic mass is 79.9. The van der Waals surface area contributed by atoms with Crippen LogP contribution in [0, 0.1) is 6.92 Å². The second-order valence-electron chi connectivity index (χ2n) is 5.34. The number of amidine groups is 1. The summed E-state index contributed by atoms with van der Waals surface area (Å²) < 4.78 is 12.5. The van der Waals surface area contributed by atoms with Crippen molar-refractivity contribution in [3.05, 3.63) is 57.6 Å². The Morgan fingerprint density at radius 3 is 2.57 bits per heavy atom. The number of rotatable bonds is 0. The highest BCUT2D eigenvalue weighted by Crippen LogP contribution is 2.51. The predicted octanol–water partition coefficient (Wildman–Crippen LogP) is 3.45. The summed E-state index contributed by atoms with van der Waals surface area (Å²) in [6.07, 6.45) is 0. The molecule has 2 aromatic rings. The standard InChI is InChI=1S/C16H13BrN2O2/c1-9-2-4-13-11(6-9)16(8-20-15(18)19-16)12-7-10(17)3-5-14(12)21-13/h2-7H,8H2,1H3,(H2,18,19). The fourth-order valence-electron chi connectivity index (χ4n) is 2.94. The minimum atomic E-state index is -0.622. The summed E-state index contributed by atoms with van der Waals surface area (Å²) in [7, 11) is 0. The van der Waals surface area contributed by atoms with E-state index in [0.717, 1.165) is 32.7 Å². The van der Waals surface area contributed by atoms with Crippen LogP contribution in [0.1, 0.15) is 16.7 Å². The Hall–Kier alpha value is -2.01. The van der Waals surface area contributed by atoms with Crippen LogP contribution in [0.5, 0.6) is 11.5 Å². The van der Waals surface area contributed by atoms with Gasteiger partial charge >= 0.3 is 0 Å². The summed E-state index contributed by atoms with van der Waals surface area (Å²) in [5.41, 5.74) is 8.29. The van der Waals surface area contributed by atoms with E-state index in [0.29, 0.717) is 6.61 Å². The number of fused-ring (bicyclic) bond motifs is 4. The average molecular weight is 345 g/mol. The number of ether oxygens (including phenoxy) is 2. The number of nitrogens with zero attached hydrogens (tertiary/aromatic N) is 1. The molecule has 2 aliphatic rings. The van der Waals surface area contributed by atoms with Crippen molar-refractivity contribution in [2.75, 3.05) is 6.61 Å². The summed E-state index contributed by atoms with van der Waals surface area (Å²) in [6.45, 7) is 2.44. The van der Waals surface area contributed by atoms with E-state index in [2.05, 4.69) is 27.0 Å². The van der Waals surface area contributed by atoms with Crippen LogP contribution >= 0.6 is 15.9 Å². The molecule has 0 bridgehead atoms. The molecule has 2 N–H and O–H groups in total. The van der Waals surface area contributed by atoms with Gasteiger partial charge in [0, 0.05) is 15.6 Å². The minimum absolute atomic E-state index is 0.218. The number of benzene rings is 2. The Morgan fingerprint density at radius 1 is 1.14 bits per heavy atom. The number of hydrogen-bond donors (Lipinski definition) is 1. The smallest absolute Gasteiger partial charge is 0.283 e. The van der Waals surface area contributed by atoms with Gasteiger partial charge < -0.3 is 15.2 Å². The molecule has 0 saturated heterocycles. The maximum Gasteiger partial charge on any atom is 0.283 e. The van der Waals surface area contributed by atoms with Crippen LogP contribution in [-0.4, -0.2) is 12.6 Å². The molecule has 2 heterocycles. The monoisotopic (exact) mass is 344 g/mol. The molecule has 0 saturated carbocycles. The van der Waals surface area contributed by atoms with Gasteiger partial charge in [-0.05, 0) is 37.3 Å². The first-order valence-corrected chi connectivity index (χ1v) is 7.45. The number of nitrogens with two attached hydrogens (primary N) is 1. The highest BCUT2D eigenvalue weighted by Gasteiger charge is 2.46. The van der Waals surface area contributed by atoms with Crippen LogP contribution in [0.2, 0.25) is 0 Å². The third-order valence-electron chi connectivity index (χ3n) is 3.92. The SMILES string of the molecule is Cc1ccc2c(c1)C1(COC(N)=N1)c1cc(Br)ccc1O2.